The van der Waals surface area contributed by atoms with Gasteiger partial charge in [0, 0.05) is 4.47 Å². The molecule has 2 amide bonds. The van der Waals surface area contributed by atoms with Gasteiger partial charge in [-0.05, 0) is 47.1 Å². The molecule has 0 bridgehead atoms. The van der Waals surface area contributed by atoms with E-state index >= 15 is 0 Å². The van der Waals surface area contributed by atoms with Crippen LogP contribution in [0.1, 0.15) is 22.8 Å². The van der Waals surface area contributed by atoms with Gasteiger partial charge in [0.05, 0.1) is 11.1 Å². The molecule has 6 nitrogen and oxygen atoms in total. The van der Waals surface area contributed by atoms with E-state index in [0.29, 0.717) is 21.3 Å². The number of hydrogen-bond acceptors (Lipinski definition) is 4. The van der Waals surface area contributed by atoms with Gasteiger partial charge in [0.25, 0.3) is 11.8 Å². The number of benzene rings is 2. The molecule has 7 heteroatoms. The molecule has 0 aliphatic carbocycles. The van der Waals surface area contributed by atoms with E-state index in [9.17, 15) is 9.59 Å². The van der Waals surface area contributed by atoms with Gasteiger partial charge in [0.2, 0.25) is 0 Å². The quantitative estimate of drug-likeness (QED) is 0.788. The minimum absolute atomic E-state index is 0.305. The number of carbonyl (C=O) groups excluding carboxylic acids is 2. The standard InChI is InChI=1S/C17H14BrN3O3/c1-11(24-15-9-5-2-6-12(15)10-19)16(22)20-21-17(23)13-7-3-4-8-14(13)18/h2-9,11H,1H3,(H,20,22)(H,21,23). The molecule has 0 saturated carbocycles. The third-order valence-electron chi connectivity index (χ3n) is 3.10. The predicted molar refractivity (Wildman–Crippen MR) is 91.0 cm³/mol. The zero-order chi connectivity index (χ0) is 17.5. The minimum atomic E-state index is -0.890. The second-order valence-electron chi connectivity index (χ2n) is 4.79. The van der Waals surface area contributed by atoms with Gasteiger partial charge in [-0.3, -0.25) is 20.4 Å². The molecule has 1 atom stereocenters. The summed E-state index contributed by atoms with van der Waals surface area (Å²) in [5.74, 6) is -0.691. The van der Waals surface area contributed by atoms with Crippen LogP contribution >= 0.6 is 15.9 Å². The van der Waals surface area contributed by atoms with Crippen LogP contribution < -0.4 is 15.6 Å². The summed E-state index contributed by atoms with van der Waals surface area (Å²) in [7, 11) is 0. The Bertz CT molecular complexity index is 802. The molecule has 0 aromatic heterocycles. The fourth-order valence-corrected chi connectivity index (χ4v) is 2.30. The van der Waals surface area contributed by atoms with Crippen LogP contribution in [0.25, 0.3) is 0 Å². The first kappa shape index (κ1) is 17.5. The Morgan fingerprint density at radius 1 is 1.12 bits per heavy atom. The lowest BCUT2D eigenvalue weighted by molar-refractivity contribution is -0.128. The maximum Gasteiger partial charge on any atom is 0.279 e. The second-order valence-corrected chi connectivity index (χ2v) is 5.65. The lowest BCUT2D eigenvalue weighted by Crippen LogP contribution is -2.47. The van der Waals surface area contributed by atoms with Gasteiger partial charge in [0.15, 0.2) is 6.10 Å². The van der Waals surface area contributed by atoms with E-state index in [-0.39, 0.29) is 0 Å². The number of rotatable bonds is 4. The smallest absolute Gasteiger partial charge is 0.279 e. The van der Waals surface area contributed by atoms with Crippen LogP contribution in [-0.4, -0.2) is 17.9 Å². The van der Waals surface area contributed by atoms with Crippen molar-refractivity contribution in [3.05, 3.63) is 64.1 Å². The van der Waals surface area contributed by atoms with Crippen LogP contribution in [0.3, 0.4) is 0 Å². The van der Waals surface area contributed by atoms with E-state index in [1.165, 1.54) is 6.92 Å². The Balaban J connectivity index is 1.94. The zero-order valence-electron chi connectivity index (χ0n) is 12.7. The summed E-state index contributed by atoms with van der Waals surface area (Å²) in [5.41, 5.74) is 5.34. The molecule has 122 valence electrons. The number of carbonyl (C=O) groups is 2. The average Bonchev–Trinajstić information content (AvgIpc) is 2.60. The van der Waals surface area contributed by atoms with Crippen LogP contribution in [0.5, 0.6) is 5.75 Å². The molecular weight excluding hydrogens is 374 g/mol. The van der Waals surface area contributed by atoms with E-state index in [2.05, 4.69) is 26.8 Å². The van der Waals surface area contributed by atoms with Crippen LogP contribution in [-0.2, 0) is 4.79 Å². The molecule has 24 heavy (non-hydrogen) atoms. The van der Waals surface area contributed by atoms with Gasteiger partial charge in [-0.1, -0.05) is 24.3 Å². The molecule has 0 saturated heterocycles. The molecule has 0 heterocycles. The lowest BCUT2D eigenvalue weighted by Gasteiger charge is -2.16. The highest BCUT2D eigenvalue weighted by molar-refractivity contribution is 9.10. The third-order valence-corrected chi connectivity index (χ3v) is 3.79. The molecule has 0 radical (unpaired) electrons. The summed E-state index contributed by atoms with van der Waals surface area (Å²) >= 11 is 3.26. The minimum Gasteiger partial charge on any atom is -0.479 e. The van der Waals surface area contributed by atoms with Crippen LogP contribution in [0.4, 0.5) is 0 Å². The monoisotopic (exact) mass is 387 g/mol. The SMILES string of the molecule is CC(Oc1ccccc1C#N)C(=O)NNC(=O)c1ccccc1Br. The largest absolute Gasteiger partial charge is 0.479 e. The molecule has 0 aliphatic heterocycles. The summed E-state index contributed by atoms with van der Waals surface area (Å²) in [6.45, 7) is 1.52. The Morgan fingerprint density at radius 3 is 2.50 bits per heavy atom. The maximum atomic E-state index is 12.0. The van der Waals surface area contributed by atoms with Gasteiger partial charge in [-0.25, -0.2) is 0 Å². The number of ether oxygens (including phenoxy) is 1. The Hall–Kier alpha value is -2.85. The highest BCUT2D eigenvalue weighted by Crippen LogP contribution is 2.18. The van der Waals surface area contributed by atoms with Crippen molar-refractivity contribution in [2.24, 2.45) is 0 Å². The zero-order valence-corrected chi connectivity index (χ0v) is 14.3. The van der Waals surface area contributed by atoms with Crippen molar-refractivity contribution in [1.29, 1.82) is 5.26 Å². The predicted octanol–water partition coefficient (Wildman–Crippen LogP) is 2.55. The highest BCUT2D eigenvalue weighted by Gasteiger charge is 2.17. The first-order valence-electron chi connectivity index (χ1n) is 7.03. The van der Waals surface area contributed by atoms with Gasteiger partial charge < -0.3 is 4.74 Å². The van der Waals surface area contributed by atoms with E-state index < -0.39 is 17.9 Å². The summed E-state index contributed by atoms with van der Waals surface area (Å²) in [5, 5.41) is 9.01. The van der Waals surface area contributed by atoms with Crippen molar-refractivity contribution >= 4 is 27.7 Å². The lowest BCUT2D eigenvalue weighted by atomic mass is 10.2. The number of amides is 2. The summed E-state index contributed by atoms with van der Waals surface area (Å²) < 4.78 is 6.08. The maximum absolute atomic E-state index is 12.0. The number of nitrogens with one attached hydrogen (secondary N) is 2. The van der Waals surface area contributed by atoms with Gasteiger partial charge >= 0.3 is 0 Å². The van der Waals surface area contributed by atoms with Crippen molar-refractivity contribution < 1.29 is 14.3 Å². The number of halogens is 1. The van der Waals surface area contributed by atoms with E-state index in [0.717, 1.165) is 0 Å². The van der Waals surface area contributed by atoms with Crippen LogP contribution in [0.15, 0.2) is 53.0 Å². The van der Waals surface area contributed by atoms with Crippen LogP contribution in [0, 0.1) is 11.3 Å². The topological polar surface area (TPSA) is 91.2 Å². The molecule has 1 unspecified atom stereocenters. The number of hydrogen-bond donors (Lipinski definition) is 2. The number of nitrogens with zero attached hydrogens (tertiary/aromatic N) is 1. The van der Waals surface area contributed by atoms with E-state index in [1.807, 2.05) is 6.07 Å². The van der Waals surface area contributed by atoms with Crippen molar-refractivity contribution in [3.63, 3.8) is 0 Å². The molecule has 0 fully saturated rings. The van der Waals surface area contributed by atoms with Crippen molar-refractivity contribution in [2.75, 3.05) is 0 Å². The Kier molecular flexibility index (Phi) is 5.93. The van der Waals surface area contributed by atoms with E-state index in [1.54, 1.807) is 48.5 Å². The molecule has 2 aromatic carbocycles. The highest BCUT2D eigenvalue weighted by atomic mass is 79.9. The molecule has 2 N–H and O–H groups in total. The fourth-order valence-electron chi connectivity index (χ4n) is 1.84. The normalized spacial score (nSPS) is 11.0. The third kappa shape index (κ3) is 4.33. The average molecular weight is 388 g/mol. The number of para-hydroxylation sites is 1. The fraction of sp³-hybridized carbons (Fsp3) is 0.118. The second kappa shape index (κ2) is 8.13. The molecule has 0 spiro atoms. The summed E-state index contributed by atoms with van der Waals surface area (Å²) in [6.07, 6.45) is -0.890. The Labute approximate surface area is 147 Å². The van der Waals surface area contributed by atoms with Gasteiger partial charge in [-0.2, -0.15) is 5.26 Å². The van der Waals surface area contributed by atoms with Crippen molar-refractivity contribution in [3.8, 4) is 11.8 Å². The number of nitriles is 1. The number of hydrazine groups is 1. The first-order chi connectivity index (χ1) is 11.5. The molecular formula is C17H14BrN3O3. The summed E-state index contributed by atoms with van der Waals surface area (Å²) in [4.78, 5) is 24.0. The molecule has 0 aliphatic rings. The first-order valence-corrected chi connectivity index (χ1v) is 7.82. The van der Waals surface area contributed by atoms with E-state index in [4.69, 9.17) is 10.00 Å². The van der Waals surface area contributed by atoms with Crippen LogP contribution in [0.2, 0.25) is 0 Å². The summed E-state index contributed by atoms with van der Waals surface area (Å²) in [6, 6.07) is 15.4. The van der Waals surface area contributed by atoms with Gasteiger partial charge in [-0.15, -0.1) is 0 Å². The molecule has 2 aromatic rings. The van der Waals surface area contributed by atoms with Gasteiger partial charge in [0.1, 0.15) is 11.8 Å². The Morgan fingerprint density at radius 2 is 1.79 bits per heavy atom. The van der Waals surface area contributed by atoms with Crippen molar-refractivity contribution in [2.45, 2.75) is 13.0 Å². The van der Waals surface area contributed by atoms with Crippen molar-refractivity contribution in [1.82, 2.24) is 10.9 Å². The molecule has 2 rings (SSSR count).